The Labute approximate surface area is 110 Å². The molecule has 6 heteroatoms. The lowest BCUT2D eigenvalue weighted by Crippen LogP contribution is -2.42. The summed E-state index contributed by atoms with van der Waals surface area (Å²) >= 11 is 0. The molecule has 1 heterocycles. The van der Waals surface area contributed by atoms with E-state index in [4.69, 9.17) is 0 Å². The summed E-state index contributed by atoms with van der Waals surface area (Å²) in [6, 6.07) is 7.03. The van der Waals surface area contributed by atoms with Crippen LogP contribution in [0.25, 0.3) is 0 Å². The predicted molar refractivity (Wildman–Crippen MR) is 69.2 cm³/mol. The Hall–Kier alpha value is -1.98. The summed E-state index contributed by atoms with van der Waals surface area (Å²) in [6.45, 7) is 0.655. The standard InChI is InChI=1S/C13H16FN5/c1-19-12(16-17-18-19)15-9-13(7-4-8-13)10-5-2-3-6-11(10)14/h2-3,5-6H,4,7-9H2,1H3,(H,15,16,18). The van der Waals surface area contributed by atoms with Crippen molar-refractivity contribution in [2.24, 2.45) is 7.05 Å². The molecule has 1 N–H and O–H groups in total. The zero-order chi connectivity index (χ0) is 13.3. The second kappa shape index (κ2) is 4.60. The van der Waals surface area contributed by atoms with Crippen molar-refractivity contribution in [3.05, 3.63) is 35.6 Å². The smallest absolute Gasteiger partial charge is 0.242 e. The maximum Gasteiger partial charge on any atom is 0.242 e. The number of rotatable bonds is 4. The van der Waals surface area contributed by atoms with E-state index in [1.165, 1.54) is 6.07 Å². The fourth-order valence-electron chi connectivity index (χ4n) is 2.66. The first kappa shape index (κ1) is 12.1. The van der Waals surface area contributed by atoms with Crippen LogP contribution in [0.2, 0.25) is 0 Å². The number of anilines is 1. The van der Waals surface area contributed by atoms with Gasteiger partial charge < -0.3 is 5.32 Å². The molecule has 1 aromatic carbocycles. The zero-order valence-corrected chi connectivity index (χ0v) is 10.8. The van der Waals surface area contributed by atoms with Crippen LogP contribution in [0.5, 0.6) is 0 Å². The van der Waals surface area contributed by atoms with Gasteiger partial charge in [-0.1, -0.05) is 29.7 Å². The first-order valence-electron chi connectivity index (χ1n) is 6.42. The van der Waals surface area contributed by atoms with E-state index < -0.39 is 0 Å². The van der Waals surface area contributed by atoms with E-state index in [1.54, 1.807) is 17.8 Å². The quantitative estimate of drug-likeness (QED) is 0.913. The summed E-state index contributed by atoms with van der Waals surface area (Å²) in [4.78, 5) is 0. The number of tetrazole rings is 1. The number of hydrogen-bond donors (Lipinski definition) is 1. The molecule has 0 saturated heterocycles. The highest BCUT2D eigenvalue weighted by Crippen LogP contribution is 2.44. The van der Waals surface area contributed by atoms with Crippen molar-refractivity contribution in [1.82, 2.24) is 20.2 Å². The van der Waals surface area contributed by atoms with Crippen molar-refractivity contribution in [3.8, 4) is 0 Å². The molecule has 1 aliphatic rings. The number of aromatic nitrogens is 4. The molecule has 0 bridgehead atoms. The van der Waals surface area contributed by atoms with E-state index >= 15 is 0 Å². The van der Waals surface area contributed by atoms with Gasteiger partial charge in [0.05, 0.1) is 0 Å². The summed E-state index contributed by atoms with van der Waals surface area (Å²) < 4.78 is 15.6. The van der Waals surface area contributed by atoms with Crippen molar-refractivity contribution in [3.63, 3.8) is 0 Å². The molecule has 3 rings (SSSR count). The van der Waals surface area contributed by atoms with Crippen molar-refractivity contribution in [2.75, 3.05) is 11.9 Å². The minimum Gasteiger partial charge on any atom is -0.352 e. The second-order valence-corrected chi connectivity index (χ2v) is 5.09. The lowest BCUT2D eigenvalue weighted by molar-refractivity contribution is 0.251. The fraction of sp³-hybridized carbons (Fsp3) is 0.462. The highest BCUT2D eigenvalue weighted by molar-refractivity contribution is 5.34. The molecule has 0 spiro atoms. The van der Waals surface area contributed by atoms with Gasteiger partial charge in [0.15, 0.2) is 0 Å². The van der Waals surface area contributed by atoms with Crippen molar-refractivity contribution < 1.29 is 4.39 Å². The number of aryl methyl sites for hydroxylation is 1. The average molecular weight is 261 g/mol. The maximum absolute atomic E-state index is 14.0. The number of nitrogens with one attached hydrogen (secondary N) is 1. The Bertz CT molecular complexity index is 576. The number of halogens is 1. The zero-order valence-electron chi connectivity index (χ0n) is 10.8. The Morgan fingerprint density at radius 1 is 1.37 bits per heavy atom. The summed E-state index contributed by atoms with van der Waals surface area (Å²) in [5.74, 6) is 0.489. The van der Waals surface area contributed by atoms with Gasteiger partial charge in [0.2, 0.25) is 5.95 Å². The van der Waals surface area contributed by atoms with E-state index in [0.29, 0.717) is 12.5 Å². The minimum atomic E-state index is -0.128. The third kappa shape index (κ3) is 2.07. The summed E-state index contributed by atoms with van der Waals surface area (Å²) in [7, 11) is 1.78. The van der Waals surface area contributed by atoms with Crippen LogP contribution in [0.4, 0.5) is 10.3 Å². The highest BCUT2D eigenvalue weighted by atomic mass is 19.1. The van der Waals surface area contributed by atoms with Gasteiger partial charge in [-0.3, -0.25) is 0 Å². The van der Waals surface area contributed by atoms with Gasteiger partial charge in [-0.2, -0.15) is 0 Å². The second-order valence-electron chi connectivity index (χ2n) is 5.09. The Balaban J connectivity index is 1.81. The molecule has 100 valence electrons. The molecule has 0 radical (unpaired) electrons. The molecule has 1 fully saturated rings. The van der Waals surface area contributed by atoms with Gasteiger partial charge in [0.25, 0.3) is 0 Å². The van der Waals surface area contributed by atoms with Crippen LogP contribution in [-0.2, 0) is 12.5 Å². The minimum absolute atomic E-state index is 0.125. The monoisotopic (exact) mass is 261 g/mol. The van der Waals surface area contributed by atoms with Gasteiger partial charge in [0, 0.05) is 19.0 Å². The molecule has 19 heavy (non-hydrogen) atoms. The van der Waals surface area contributed by atoms with Crippen LogP contribution in [0.15, 0.2) is 24.3 Å². The lowest BCUT2D eigenvalue weighted by atomic mass is 9.64. The van der Waals surface area contributed by atoms with Gasteiger partial charge in [-0.05, 0) is 34.9 Å². The van der Waals surface area contributed by atoms with E-state index in [-0.39, 0.29) is 11.2 Å². The van der Waals surface area contributed by atoms with E-state index in [0.717, 1.165) is 24.8 Å². The van der Waals surface area contributed by atoms with Crippen molar-refractivity contribution in [2.45, 2.75) is 24.7 Å². The number of benzene rings is 1. The maximum atomic E-state index is 14.0. The lowest BCUT2D eigenvalue weighted by Gasteiger charge is -2.42. The molecule has 0 unspecified atom stereocenters. The molecule has 1 aromatic heterocycles. The van der Waals surface area contributed by atoms with Crippen LogP contribution in [0.3, 0.4) is 0 Å². The molecule has 0 amide bonds. The topological polar surface area (TPSA) is 55.6 Å². The third-order valence-electron chi connectivity index (χ3n) is 3.96. The molecular formula is C13H16FN5. The van der Waals surface area contributed by atoms with Gasteiger partial charge >= 0.3 is 0 Å². The summed E-state index contributed by atoms with van der Waals surface area (Å²) in [5, 5.41) is 14.5. The normalized spacial score (nSPS) is 16.9. The first-order valence-corrected chi connectivity index (χ1v) is 6.42. The Morgan fingerprint density at radius 2 is 2.16 bits per heavy atom. The fourth-order valence-corrected chi connectivity index (χ4v) is 2.66. The van der Waals surface area contributed by atoms with Crippen LogP contribution >= 0.6 is 0 Å². The Morgan fingerprint density at radius 3 is 2.74 bits per heavy atom. The SMILES string of the molecule is Cn1nnnc1NCC1(c2ccccc2F)CCC1. The van der Waals surface area contributed by atoms with Crippen LogP contribution < -0.4 is 5.32 Å². The Kier molecular flexibility index (Phi) is 2.93. The molecule has 2 aromatic rings. The largest absolute Gasteiger partial charge is 0.352 e. The third-order valence-corrected chi connectivity index (χ3v) is 3.96. The number of nitrogens with zero attached hydrogens (tertiary/aromatic N) is 4. The van der Waals surface area contributed by atoms with E-state index in [9.17, 15) is 4.39 Å². The molecular weight excluding hydrogens is 245 g/mol. The van der Waals surface area contributed by atoms with Crippen molar-refractivity contribution in [1.29, 1.82) is 0 Å². The number of hydrogen-bond acceptors (Lipinski definition) is 4. The highest BCUT2D eigenvalue weighted by Gasteiger charge is 2.40. The summed E-state index contributed by atoms with van der Waals surface area (Å²) in [5.41, 5.74) is 0.668. The molecule has 0 aliphatic heterocycles. The summed E-state index contributed by atoms with van der Waals surface area (Å²) in [6.07, 6.45) is 3.12. The molecule has 1 saturated carbocycles. The van der Waals surface area contributed by atoms with Crippen LogP contribution in [-0.4, -0.2) is 26.8 Å². The first-order chi connectivity index (χ1) is 9.21. The van der Waals surface area contributed by atoms with E-state index in [1.807, 2.05) is 12.1 Å². The van der Waals surface area contributed by atoms with Gasteiger partial charge in [-0.15, -0.1) is 0 Å². The molecule has 0 atom stereocenters. The van der Waals surface area contributed by atoms with Crippen LogP contribution in [0, 0.1) is 5.82 Å². The predicted octanol–water partition coefficient (Wildman–Crippen LogP) is 1.88. The average Bonchev–Trinajstić information content (AvgIpc) is 2.76. The van der Waals surface area contributed by atoms with Crippen molar-refractivity contribution >= 4 is 5.95 Å². The molecule has 1 aliphatic carbocycles. The van der Waals surface area contributed by atoms with Crippen LogP contribution in [0.1, 0.15) is 24.8 Å². The molecule has 5 nitrogen and oxygen atoms in total. The van der Waals surface area contributed by atoms with Gasteiger partial charge in [-0.25, -0.2) is 9.07 Å². The van der Waals surface area contributed by atoms with E-state index in [2.05, 4.69) is 20.8 Å². The van der Waals surface area contributed by atoms with Gasteiger partial charge in [0.1, 0.15) is 5.82 Å².